The molecule has 3 rings (SSSR count). The number of likely N-dealkylation sites (tertiary alicyclic amines) is 1. The number of aliphatic hydroxyl groups is 1. The molecule has 2 N–H and O–H groups in total. The fraction of sp³-hybridized carbons (Fsp3) is 0.552. The number of piperidine rings is 1. The summed E-state index contributed by atoms with van der Waals surface area (Å²) < 4.78 is 11.5. The number of amides is 1. The maximum atomic E-state index is 13.1. The first-order chi connectivity index (χ1) is 17.4. The molecule has 2 aromatic carbocycles. The largest absolute Gasteiger partial charge is 0.455 e. The van der Waals surface area contributed by atoms with Crippen LogP contribution in [0.5, 0.6) is 11.5 Å². The van der Waals surface area contributed by atoms with Gasteiger partial charge in [-0.05, 0) is 69.8 Å². The number of hydrogen-bond acceptors (Lipinski definition) is 5. The molecule has 0 saturated carbocycles. The van der Waals surface area contributed by atoms with E-state index in [2.05, 4.69) is 12.2 Å². The highest BCUT2D eigenvalue weighted by molar-refractivity contribution is 6.32. The first-order valence-corrected chi connectivity index (χ1v) is 13.4. The van der Waals surface area contributed by atoms with Crippen LogP contribution in [-0.4, -0.2) is 56.3 Å². The number of carbonyl (C=O) groups is 1. The minimum absolute atomic E-state index is 0.103. The molecule has 0 unspecified atom stereocenters. The quantitative estimate of drug-likeness (QED) is 0.338. The lowest BCUT2D eigenvalue weighted by Gasteiger charge is -2.43. The maximum absolute atomic E-state index is 13.1. The molecular weight excluding hydrogens is 476 g/mol. The third-order valence-corrected chi connectivity index (χ3v) is 7.40. The number of rotatable bonds is 13. The van der Waals surface area contributed by atoms with Crippen molar-refractivity contribution in [3.63, 3.8) is 0 Å². The predicted octanol–water partition coefficient (Wildman–Crippen LogP) is 5.62. The number of nitrogens with one attached hydrogen (secondary N) is 1. The van der Waals surface area contributed by atoms with Crippen LogP contribution in [0.4, 0.5) is 0 Å². The summed E-state index contributed by atoms with van der Waals surface area (Å²) >= 11 is 6.38. The van der Waals surface area contributed by atoms with Crippen molar-refractivity contribution in [2.75, 3.05) is 40.4 Å². The molecule has 1 aliphatic rings. The average Bonchev–Trinajstić information content (AvgIpc) is 2.88. The van der Waals surface area contributed by atoms with Gasteiger partial charge in [0.05, 0.1) is 10.6 Å². The van der Waals surface area contributed by atoms with Crippen LogP contribution in [0.25, 0.3) is 0 Å². The lowest BCUT2D eigenvalue weighted by molar-refractivity contribution is -0.137. The van der Waals surface area contributed by atoms with Crippen molar-refractivity contribution in [1.82, 2.24) is 10.2 Å². The van der Waals surface area contributed by atoms with Crippen molar-refractivity contribution < 1.29 is 19.4 Å². The molecule has 198 valence electrons. The summed E-state index contributed by atoms with van der Waals surface area (Å²) in [5.41, 5.74) is -0.411. The van der Waals surface area contributed by atoms with Crippen LogP contribution in [0, 0.1) is 11.8 Å². The summed E-state index contributed by atoms with van der Waals surface area (Å²) in [6.45, 7) is 4.81. The van der Waals surface area contributed by atoms with Gasteiger partial charge < -0.3 is 24.8 Å². The zero-order valence-corrected chi connectivity index (χ0v) is 22.6. The van der Waals surface area contributed by atoms with Crippen LogP contribution in [0.15, 0.2) is 48.5 Å². The highest BCUT2D eigenvalue weighted by Crippen LogP contribution is 2.45. The number of unbranched alkanes of at least 4 members (excludes halogenated alkanes) is 1. The van der Waals surface area contributed by atoms with E-state index in [1.807, 2.05) is 54.4 Å². The molecule has 1 amide bonds. The summed E-state index contributed by atoms with van der Waals surface area (Å²) in [4.78, 5) is 15.0. The molecule has 0 spiro atoms. The van der Waals surface area contributed by atoms with Gasteiger partial charge in [0.25, 0.3) is 0 Å². The Morgan fingerprint density at radius 3 is 2.64 bits per heavy atom. The molecule has 36 heavy (non-hydrogen) atoms. The summed E-state index contributed by atoms with van der Waals surface area (Å²) in [5.74, 6) is 1.46. The SMILES string of the molecule is CNC[C@H](C)CC(=O)N1CCC[C@@H]([C@@](O)(CCCCOC)c2ccccc2Oc2ccccc2Cl)C1. The molecule has 1 heterocycles. The van der Waals surface area contributed by atoms with E-state index >= 15 is 0 Å². The van der Waals surface area contributed by atoms with E-state index < -0.39 is 5.60 Å². The van der Waals surface area contributed by atoms with Crippen molar-refractivity contribution in [2.24, 2.45) is 11.8 Å². The highest BCUT2D eigenvalue weighted by atomic mass is 35.5. The van der Waals surface area contributed by atoms with E-state index in [1.165, 1.54) is 0 Å². The van der Waals surface area contributed by atoms with Gasteiger partial charge in [-0.2, -0.15) is 0 Å². The van der Waals surface area contributed by atoms with Crippen molar-refractivity contribution in [3.8, 4) is 11.5 Å². The Hall–Kier alpha value is -2.12. The predicted molar refractivity (Wildman–Crippen MR) is 145 cm³/mol. The van der Waals surface area contributed by atoms with Gasteiger partial charge in [0.15, 0.2) is 0 Å². The second-order valence-electron chi connectivity index (χ2n) is 9.95. The third kappa shape index (κ3) is 7.45. The number of nitrogens with zero attached hydrogens (tertiary/aromatic N) is 1. The Bertz CT molecular complexity index is 972. The number of benzene rings is 2. The van der Waals surface area contributed by atoms with E-state index in [4.69, 9.17) is 21.1 Å². The zero-order chi connectivity index (χ0) is 26.0. The molecule has 7 heteroatoms. The van der Waals surface area contributed by atoms with Gasteiger partial charge in [0.2, 0.25) is 5.91 Å². The molecule has 1 aliphatic heterocycles. The zero-order valence-electron chi connectivity index (χ0n) is 21.8. The first kappa shape index (κ1) is 28.5. The standard InChI is InChI=1S/C29H41ClN2O4/c1-22(20-31-2)19-28(33)32-17-10-11-23(21-32)29(34,16-8-9-18-35-3)24-12-4-6-14-26(24)36-27-15-7-5-13-25(27)30/h4-7,12-15,22-23,31,34H,8-11,16-21H2,1-3H3/t22-,23-,29+/m1/s1. The Balaban J connectivity index is 1.89. The summed E-state index contributed by atoms with van der Waals surface area (Å²) in [7, 11) is 3.60. The summed E-state index contributed by atoms with van der Waals surface area (Å²) in [6, 6.07) is 15.0. The highest BCUT2D eigenvalue weighted by Gasteiger charge is 2.43. The number of halogens is 1. The van der Waals surface area contributed by atoms with Crippen molar-refractivity contribution in [1.29, 1.82) is 0 Å². The Morgan fingerprint density at radius 1 is 1.19 bits per heavy atom. The Morgan fingerprint density at radius 2 is 1.92 bits per heavy atom. The monoisotopic (exact) mass is 516 g/mol. The van der Waals surface area contributed by atoms with Crippen LogP contribution < -0.4 is 10.1 Å². The number of para-hydroxylation sites is 2. The topological polar surface area (TPSA) is 71.0 Å². The second-order valence-corrected chi connectivity index (χ2v) is 10.4. The first-order valence-electron chi connectivity index (χ1n) is 13.0. The van der Waals surface area contributed by atoms with Crippen molar-refractivity contribution in [3.05, 3.63) is 59.1 Å². The number of methoxy groups -OCH3 is 1. The van der Waals surface area contributed by atoms with E-state index in [0.717, 1.165) is 44.3 Å². The smallest absolute Gasteiger partial charge is 0.222 e. The molecule has 6 nitrogen and oxygen atoms in total. The lowest BCUT2D eigenvalue weighted by atomic mass is 9.73. The third-order valence-electron chi connectivity index (χ3n) is 7.09. The number of hydrogen-bond donors (Lipinski definition) is 2. The van der Waals surface area contributed by atoms with E-state index in [0.29, 0.717) is 42.5 Å². The minimum Gasteiger partial charge on any atom is -0.455 e. The van der Waals surface area contributed by atoms with Gasteiger partial charge in [0.1, 0.15) is 11.5 Å². The van der Waals surface area contributed by atoms with Gasteiger partial charge in [-0.3, -0.25) is 4.79 Å². The fourth-order valence-electron chi connectivity index (χ4n) is 5.20. The molecule has 1 saturated heterocycles. The molecule has 0 aliphatic carbocycles. The van der Waals surface area contributed by atoms with Crippen LogP contribution in [0.1, 0.15) is 51.0 Å². The molecule has 0 aromatic heterocycles. The Kier molecular flexibility index (Phi) is 11.1. The van der Waals surface area contributed by atoms with E-state index in [1.54, 1.807) is 13.2 Å². The van der Waals surface area contributed by atoms with Crippen molar-refractivity contribution >= 4 is 17.5 Å². The number of ether oxygens (including phenoxy) is 2. The van der Waals surface area contributed by atoms with Crippen LogP contribution >= 0.6 is 11.6 Å². The number of carbonyl (C=O) groups excluding carboxylic acids is 1. The summed E-state index contributed by atoms with van der Waals surface area (Å²) in [6.07, 6.45) is 4.42. The molecule has 0 radical (unpaired) electrons. The molecule has 3 atom stereocenters. The van der Waals surface area contributed by atoms with Crippen LogP contribution in [0.3, 0.4) is 0 Å². The van der Waals surface area contributed by atoms with Gasteiger partial charge in [0, 0.05) is 44.7 Å². The lowest BCUT2D eigenvalue weighted by Crippen LogP contribution is -2.48. The van der Waals surface area contributed by atoms with Gasteiger partial charge in [-0.25, -0.2) is 0 Å². The van der Waals surface area contributed by atoms with Crippen LogP contribution in [0.2, 0.25) is 5.02 Å². The molecule has 1 fully saturated rings. The minimum atomic E-state index is -1.15. The van der Waals surface area contributed by atoms with E-state index in [-0.39, 0.29) is 17.7 Å². The van der Waals surface area contributed by atoms with Gasteiger partial charge in [-0.1, -0.05) is 48.9 Å². The maximum Gasteiger partial charge on any atom is 0.222 e. The molecular formula is C29H41ClN2O4. The summed E-state index contributed by atoms with van der Waals surface area (Å²) in [5, 5.41) is 16.1. The fourth-order valence-corrected chi connectivity index (χ4v) is 5.37. The van der Waals surface area contributed by atoms with Crippen LogP contribution in [-0.2, 0) is 15.1 Å². The molecule has 0 bridgehead atoms. The van der Waals surface area contributed by atoms with Gasteiger partial charge in [-0.15, -0.1) is 0 Å². The van der Waals surface area contributed by atoms with Gasteiger partial charge >= 0.3 is 0 Å². The Labute approximate surface area is 220 Å². The normalized spacial score (nSPS) is 18.5. The molecule has 2 aromatic rings. The second kappa shape index (κ2) is 14.0. The average molecular weight is 517 g/mol. The van der Waals surface area contributed by atoms with E-state index in [9.17, 15) is 9.90 Å². The van der Waals surface area contributed by atoms with Crippen molar-refractivity contribution in [2.45, 2.75) is 51.0 Å².